The molecule has 0 N–H and O–H groups in total. The number of hydrogen-bond donors (Lipinski definition) is 0. The van der Waals surface area contributed by atoms with Gasteiger partial charge in [0, 0.05) is 30.5 Å². The number of rotatable bonds is 6. The molecule has 0 saturated heterocycles. The summed E-state index contributed by atoms with van der Waals surface area (Å²) in [6.07, 6.45) is 1.64. The molecule has 0 aliphatic carbocycles. The highest BCUT2D eigenvalue weighted by molar-refractivity contribution is 5.89. The van der Waals surface area contributed by atoms with Gasteiger partial charge in [0.25, 0.3) is 0 Å². The van der Waals surface area contributed by atoms with Crippen molar-refractivity contribution in [3.63, 3.8) is 0 Å². The number of nitrogens with zero attached hydrogens (tertiary/aromatic N) is 2. The third-order valence-electron chi connectivity index (χ3n) is 4.46. The van der Waals surface area contributed by atoms with Crippen LogP contribution in [0, 0.1) is 0 Å². The van der Waals surface area contributed by atoms with Gasteiger partial charge in [0.1, 0.15) is 5.65 Å². The molecule has 132 valence electrons. The molecule has 0 bridgehead atoms. The topological polar surface area (TPSA) is 35.8 Å². The van der Waals surface area contributed by atoms with Gasteiger partial charge in [-0.25, -0.2) is 4.98 Å². The second kappa shape index (κ2) is 7.28. The van der Waals surface area contributed by atoms with Gasteiger partial charge in [0.15, 0.2) is 6.29 Å². The van der Waals surface area contributed by atoms with Gasteiger partial charge in [0.05, 0.1) is 11.0 Å². The number of para-hydroxylation sites is 2. The van der Waals surface area contributed by atoms with Crippen molar-refractivity contribution in [1.29, 1.82) is 0 Å². The molecule has 2 aromatic carbocycles. The largest absolute Gasteiger partial charge is 0.349 e. The summed E-state index contributed by atoms with van der Waals surface area (Å²) >= 11 is 0. The molecule has 0 radical (unpaired) electrons. The molecule has 2 aromatic heterocycles. The van der Waals surface area contributed by atoms with Crippen LogP contribution in [0.2, 0.25) is 0 Å². The van der Waals surface area contributed by atoms with E-state index in [1.165, 1.54) is 0 Å². The van der Waals surface area contributed by atoms with Crippen molar-refractivity contribution >= 4 is 16.7 Å². The van der Waals surface area contributed by atoms with Crippen LogP contribution in [0.4, 0.5) is 0 Å². The molecular formula is C22H22N2O2. The monoisotopic (exact) mass is 346 g/mol. The Labute approximate surface area is 153 Å². The zero-order valence-corrected chi connectivity index (χ0v) is 15.1. The van der Waals surface area contributed by atoms with Gasteiger partial charge in [-0.05, 0) is 37.6 Å². The summed E-state index contributed by atoms with van der Waals surface area (Å²) in [4.78, 5) is 4.91. The lowest BCUT2D eigenvalue weighted by molar-refractivity contribution is -0.139. The Morgan fingerprint density at radius 2 is 1.58 bits per heavy atom. The summed E-state index contributed by atoms with van der Waals surface area (Å²) in [5.41, 5.74) is 6.15. The first-order valence-corrected chi connectivity index (χ1v) is 9.01. The second-order valence-electron chi connectivity index (χ2n) is 6.05. The number of ether oxygens (including phenoxy) is 2. The maximum atomic E-state index is 5.89. The van der Waals surface area contributed by atoms with Crippen molar-refractivity contribution in [2.75, 3.05) is 13.2 Å². The van der Waals surface area contributed by atoms with Crippen molar-refractivity contribution < 1.29 is 9.47 Å². The first kappa shape index (κ1) is 16.8. The van der Waals surface area contributed by atoms with Crippen LogP contribution in [0.1, 0.15) is 25.7 Å². The standard InChI is InChI=1S/C22H22N2O2/c1-3-25-22(26-4-2)17-14-15-24-19-13-9-8-12-18(19)23-21(24)20(17)16-10-6-5-7-11-16/h5-15,22H,3-4H2,1-2H3. The van der Waals surface area contributed by atoms with Gasteiger partial charge in [-0.2, -0.15) is 0 Å². The molecule has 4 aromatic rings. The lowest BCUT2D eigenvalue weighted by atomic mass is 10.0. The maximum Gasteiger partial charge on any atom is 0.184 e. The number of benzene rings is 2. The van der Waals surface area contributed by atoms with E-state index in [1.54, 1.807) is 0 Å². The fraction of sp³-hybridized carbons (Fsp3) is 0.227. The van der Waals surface area contributed by atoms with E-state index in [2.05, 4.69) is 34.9 Å². The van der Waals surface area contributed by atoms with E-state index in [4.69, 9.17) is 14.5 Å². The minimum Gasteiger partial charge on any atom is -0.349 e. The van der Waals surface area contributed by atoms with Gasteiger partial charge in [-0.3, -0.25) is 4.40 Å². The van der Waals surface area contributed by atoms with Crippen LogP contribution in [0.3, 0.4) is 0 Å². The molecule has 0 amide bonds. The Bertz CT molecular complexity index is 1020. The minimum atomic E-state index is -0.412. The SMILES string of the molecule is CCOC(OCC)c1ccn2c(nc3ccccc32)c1-c1ccccc1. The summed E-state index contributed by atoms with van der Waals surface area (Å²) in [5.74, 6) is 0. The number of imidazole rings is 1. The van der Waals surface area contributed by atoms with E-state index in [-0.39, 0.29) is 0 Å². The molecule has 0 saturated carbocycles. The van der Waals surface area contributed by atoms with Gasteiger partial charge >= 0.3 is 0 Å². The first-order chi connectivity index (χ1) is 12.8. The Hall–Kier alpha value is -2.69. The van der Waals surface area contributed by atoms with E-state index in [0.29, 0.717) is 13.2 Å². The van der Waals surface area contributed by atoms with E-state index in [9.17, 15) is 0 Å². The Kier molecular flexibility index (Phi) is 4.69. The van der Waals surface area contributed by atoms with Crippen LogP contribution in [0.5, 0.6) is 0 Å². The van der Waals surface area contributed by atoms with Crippen molar-refractivity contribution in [2.24, 2.45) is 0 Å². The van der Waals surface area contributed by atoms with Crippen LogP contribution in [0.15, 0.2) is 66.9 Å². The average Bonchev–Trinajstić information content (AvgIpc) is 3.06. The fourth-order valence-corrected chi connectivity index (χ4v) is 3.37. The molecule has 0 atom stereocenters. The average molecular weight is 346 g/mol. The zero-order valence-electron chi connectivity index (χ0n) is 15.1. The summed E-state index contributed by atoms with van der Waals surface area (Å²) in [6, 6.07) is 20.6. The van der Waals surface area contributed by atoms with E-state index in [1.807, 2.05) is 50.2 Å². The molecule has 2 heterocycles. The van der Waals surface area contributed by atoms with Gasteiger partial charge in [-0.1, -0.05) is 42.5 Å². The Balaban J connectivity index is 2.03. The highest BCUT2D eigenvalue weighted by atomic mass is 16.7. The molecule has 26 heavy (non-hydrogen) atoms. The number of aromatic nitrogens is 2. The van der Waals surface area contributed by atoms with E-state index in [0.717, 1.165) is 33.4 Å². The molecule has 0 aliphatic heterocycles. The van der Waals surface area contributed by atoms with E-state index >= 15 is 0 Å². The highest BCUT2D eigenvalue weighted by Gasteiger charge is 2.21. The minimum absolute atomic E-state index is 0.412. The van der Waals surface area contributed by atoms with Crippen molar-refractivity contribution in [2.45, 2.75) is 20.1 Å². The molecule has 0 spiro atoms. The van der Waals surface area contributed by atoms with Crippen molar-refractivity contribution in [1.82, 2.24) is 9.38 Å². The zero-order chi connectivity index (χ0) is 17.9. The van der Waals surface area contributed by atoms with Crippen LogP contribution >= 0.6 is 0 Å². The summed E-state index contributed by atoms with van der Waals surface area (Å²) in [6.45, 7) is 5.13. The molecular weight excluding hydrogens is 324 g/mol. The third kappa shape index (κ3) is 2.87. The summed E-state index contributed by atoms with van der Waals surface area (Å²) in [5, 5.41) is 0. The molecule has 4 heteroatoms. The Morgan fingerprint density at radius 3 is 2.31 bits per heavy atom. The number of hydrogen-bond acceptors (Lipinski definition) is 3. The van der Waals surface area contributed by atoms with Crippen LogP contribution in [-0.4, -0.2) is 22.6 Å². The quantitative estimate of drug-likeness (QED) is 0.449. The molecule has 0 unspecified atom stereocenters. The van der Waals surface area contributed by atoms with E-state index < -0.39 is 6.29 Å². The number of pyridine rings is 1. The van der Waals surface area contributed by atoms with Crippen LogP contribution in [0.25, 0.3) is 27.8 Å². The van der Waals surface area contributed by atoms with Gasteiger partial charge in [0.2, 0.25) is 0 Å². The molecule has 4 rings (SSSR count). The van der Waals surface area contributed by atoms with Crippen LogP contribution < -0.4 is 0 Å². The first-order valence-electron chi connectivity index (χ1n) is 9.01. The highest BCUT2D eigenvalue weighted by Crippen LogP contribution is 2.35. The second-order valence-corrected chi connectivity index (χ2v) is 6.05. The predicted octanol–water partition coefficient (Wildman–Crippen LogP) is 5.23. The number of fused-ring (bicyclic) bond motifs is 3. The molecule has 4 nitrogen and oxygen atoms in total. The lowest BCUT2D eigenvalue weighted by Crippen LogP contribution is -2.11. The Morgan fingerprint density at radius 1 is 0.885 bits per heavy atom. The van der Waals surface area contributed by atoms with Gasteiger partial charge < -0.3 is 9.47 Å². The third-order valence-corrected chi connectivity index (χ3v) is 4.46. The summed E-state index contributed by atoms with van der Waals surface area (Å²) in [7, 11) is 0. The normalized spacial score (nSPS) is 11.7. The summed E-state index contributed by atoms with van der Waals surface area (Å²) < 4.78 is 13.9. The fourth-order valence-electron chi connectivity index (χ4n) is 3.37. The van der Waals surface area contributed by atoms with Crippen LogP contribution in [-0.2, 0) is 9.47 Å². The maximum absolute atomic E-state index is 5.89. The van der Waals surface area contributed by atoms with Crippen molar-refractivity contribution in [3.05, 3.63) is 72.4 Å². The molecule has 0 aliphatic rings. The predicted molar refractivity (Wildman–Crippen MR) is 104 cm³/mol. The van der Waals surface area contributed by atoms with Gasteiger partial charge in [-0.15, -0.1) is 0 Å². The van der Waals surface area contributed by atoms with Crippen molar-refractivity contribution in [3.8, 4) is 11.1 Å². The lowest BCUT2D eigenvalue weighted by Gasteiger charge is -2.21. The smallest absolute Gasteiger partial charge is 0.184 e. The molecule has 0 fully saturated rings.